The van der Waals surface area contributed by atoms with Crippen molar-refractivity contribution in [2.24, 2.45) is 0 Å². The van der Waals surface area contributed by atoms with Crippen LogP contribution in [0.3, 0.4) is 0 Å². The Morgan fingerprint density at radius 2 is 2.43 bits per heavy atom. The smallest absolute Gasteiger partial charge is 0.304 e. The van der Waals surface area contributed by atoms with Crippen LogP contribution in [-0.2, 0) is 11.3 Å². The Hall–Kier alpha value is -1.14. The van der Waals surface area contributed by atoms with Gasteiger partial charge in [-0.3, -0.25) is 9.59 Å². The summed E-state index contributed by atoms with van der Waals surface area (Å²) in [4.78, 5) is 24.4. The lowest BCUT2D eigenvalue weighted by Gasteiger charge is -2.02. The minimum atomic E-state index is -0.0931. The monoisotopic (exact) mass is 215 g/mol. The predicted molar refractivity (Wildman–Crippen MR) is 55.3 cm³/mol. The molecule has 0 aromatic carbocycles. The molecule has 0 spiro atoms. The van der Waals surface area contributed by atoms with E-state index in [9.17, 15) is 9.59 Å². The number of thiazole rings is 1. The van der Waals surface area contributed by atoms with Crippen molar-refractivity contribution in [2.75, 3.05) is 13.6 Å². The Kier molecular flexibility index (Phi) is 4.34. The Morgan fingerprint density at radius 1 is 1.64 bits per heavy atom. The van der Waals surface area contributed by atoms with Crippen LogP contribution in [0.1, 0.15) is 12.1 Å². The van der Waals surface area contributed by atoms with E-state index in [1.165, 1.54) is 0 Å². The molecule has 0 atom stereocenters. The van der Waals surface area contributed by atoms with Gasteiger partial charge in [0.1, 0.15) is 0 Å². The summed E-state index contributed by atoms with van der Waals surface area (Å²) in [6, 6.07) is 0. The second-order valence-electron chi connectivity index (χ2n) is 2.80. The van der Waals surface area contributed by atoms with E-state index in [0.717, 1.165) is 17.0 Å². The standard InChI is InChI=1S/C8H13N3O2S/c1-9-3-2-7(12)10-4-6-5-14-8(13)11-6/h5,9H,2-4H2,1H3,(H,10,12)(H,11,13). The van der Waals surface area contributed by atoms with Crippen LogP contribution in [0.4, 0.5) is 0 Å². The average molecular weight is 215 g/mol. The number of aromatic nitrogens is 1. The number of carbonyl (C=O) groups is 1. The van der Waals surface area contributed by atoms with Gasteiger partial charge in [0, 0.05) is 24.0 Å². The maximum Gasteiger partial charge on any atom is 0.304 e. The van der Waals surface area contributed by atoms with Gasteiger partial charge in [0.15, 0.2) is 0 Å². The van der Waals surface area contributed by atoms with E-state index < -0.39 is 0 Å². The highest BCUT2D eigenvalue weighted by Crippen LogP contribution is 1.94. The molecule has 1 aromatic heterocycles. The summed E-state index contributed by atoms with van der Waals surface area (Å²) in [5.74, 6) is -0.0219. The van der Waals surface area contributed by atoms with Crippen LogP contribution in [0.5, 0.6) is 0 Å². The van der Waals surface area contributed by atoms with Crippen molar-refractivity contribution in [3.63, 3.8) is 0 Å². The van der Waals surface area contributed by atoms with Gasteiger partial charge in [-0.25, -0.2) is 0 Å². The number of rotatable bonds is 5. The summed E-state index contributed by atoms with van der Waals surface area (Å²) < 4.78 is 0. The van der Waals surface area contributed by atoms with Crippen LogP contribution in [0.15, 0.2) is 10.2 Å². The lowest BCUT2D eigenvalue weighted by atomic mass is 10.4. The quantitative estimate of drug-likeness (QED) is 0.629. The highest BCUT2D eigenvalue weighted by atomic mass is 32.1. The SMILES string of the molecule is CNCCC(=O)NCc1csc(=O)[nH]1. The molecular weight excluding hydrogens is 202 g/mol. The molecule has 0 aliphatic rings. The first-order chi connectivity index (χ1) is 6.72. The van der Waals surface area contributed by atoms with E-state index in [1.54, 1.807) is 12.4 Å². The molecule has 0 fully saturated rings. The molecule has 0 aliphatic heterocycles. The molecule has 0 saturated heterocycles. The Morgan fingerprint density at radius 3 is 3.00 bits per heavy atom. The average Bonchev–Trinajstić information content (AvgIpc) is 2.58. The van der Waals surface area contributed by atoms with Gasteiger partial charge in [0.2, 0.25) is 5.91 Å². The molecule has 0 saturated carbocycles. The van der Waals surface area contributed by atoms with Gasteiger partial charge in [-0.1, -0.05) is 11.3 Å². The maximum atomic E-state index is 11.1. The van der Waals surface area contributed by atoms with Gasteiger partial charge in [0.25, 0.3) is 0 Å². The summed E-state index contributed by atoms with van der Waals surface area (Å²) in [5, 5.41) is 7.30. The van der Waals surface area contributed by atoms with Crippen molar-refractivity contribution in [2.45, 2.75) is 13.0 Å². The van der Waals surface area contributed by atoms with Gasteiger partial charge >= 0.3 is 4.87 Å². The third-order valence-corrected chi connectivity index (χ3v) is 2.37. The number of H-pyrrole nitrogens is 1. The zero-order valence-electron chi connectivity index (χ0n) is 7.92. The molecule has 0 radical (unpaired) electrons. The van der Waals surface area contributed by atoms with Gasteiger partial charge < -0.3 is 15.6 Å². The van der Waals surface area contributed by atoms with E-state index in [4.69, 9.17) is 0 Å². The zero-order chi connectivity index (χ0) is 10.4. The largest absolute Gasteiger partial charge is 0.350 e. The number of nitrogens with one attached hydrogen (secondary N) is 3. The molecule has 6 heteroatoms. The third-order valence-electron chi connectivity index (χ3n) is 1.65. The van der Waals surface area contributed by atoms with Gasteiger partial charge in [-0.05, 0) is 7.05 Å². The lowest BCUT2D eigenvalue weighted by Crippen LogP contribution is -2.26. The molecule has 3 N–H and O–H groups in total. The number of aromatic amines is 1. The van der Waals surface area contributed by atoms with E-state index in [1.807, 2.05) is 0 Å². The van der Waals surface area contributed by atoms with Crippen LogP contribution in [0, 0.1) is 0 Å². The van der Waals surface area contributed by atoms with Crippen molar-refractivity contribution < 1.29 is 4.79 Å². The second-order valence-corrected chi connectivity index (χ2v) is 3.65. The minimum absolute atomic E-state index is 0.0219. The molecule has 1 aromatic rings. The number of carbonyl (C=O) groups excluding carboxylic acids is 1. The summed E-state index contributed by atoms with van der Waals surface area (Å²) in [5.41, 5.74) is 0.748. The van der Waals surface area contributed by atoms with Gasteiger partial charge in [-0.2, -0.15) is 0 Å². The molecule has 0 aliphatic carbocycles. The van der Waals surface area contributed by atoms with Crippen LogP contribution in [0.2, 0.25) is 0 Å². The van der Waals surface area contributed by atoms with Gasteiger partial charge in [0.05, 0.1) is 6.54 Å². The fourth-order valence-electron chi connectivity index (χ4n) is 0.921. The van der Waals surface area contributed by atoms with Crippen molar-refractivity contribution >= 4 is 17.2 Å². The van der Waals surface area contributed by atoms with Crippen LogP contribution >= 0.6 is 11.3 Å². The molecule has 0 bridgehead atoms. The second kappa shape index (κ2) is 5.56. The van der Waals surface area contributed by atoms with Crippen LogP contribution < -0.4 is 15.5 Å². The fraction of sp³-hybridized carbons (Fsp3) is 0.500. The predicted octanol–water partition coefficient (Wildman–Crippen LogP) is -0.338. The van der Waals surface area contributed by atoms with Crippen LogP contribution in [0.25, 0.3) is 0 Å². The molecule has 5 nitrogen and oxygen atoms in total. The van der Waals surface area contributed by atoms with Crippen molar-refractivity contribution in [3.05, 3.63) is 20.7 Å². The first kappa shape index (κ1) is 10.9. The molecule has 14 heavy (non-hydrogen) atoms. The summed E-state index contributed by atoms with van der Waals surface area (Å²) >= 11 is 1.10. The maximum absolute atomic E-state index is 11.1. The van der Waals surface area contributed by atoms with Gasteiger partial charge in [-0.15, -0.1) is 0 Å². The zero-order valence-corrected chi connectivity index (χ0v) is 8.74. The summed E-state index contributed by atoms with van der Waals surface area (Å²) in [6.07, 6.45) is 0.449. The van der Waals surface area contributed by atoms with Crippen molar-refractivity contribution in [3.8, 4) is 0 Å². The topological polar surface area (TPSA) is 74.0 Å². The molecule has 78 valence electrons. The highest BCUT2D eigenvalue weighted by molar-refractivity contribution is 7.07. The number of amides is 1. The normalized spacial score (nSPS) is 10.1. The molecule has 1 heterocycles. The summed E-state index contributed by atoms with van der Waals surface area (Å²) in [6.45, 7) is 1.05. The van der Waals surface area contributed by atoms with E-state index >= 15 is 0 Å². The fourth-order valence-corrected chi connectivity index (χ4v) is 1.50. The Bertz CT molecular complexity index is 344. The van der Waals surface area contributed by atoms with E-state index in [-0.39, 0.29) is 10.8 Å². The first-order valence-electron chi connectivity index (χ1n) is 4.30. The van der Waals surface area contributed by atoms with E-state index in [2.05, 4.69) is 15.6 Å². The van der Waals surface area contributed by atoms with Crippen LogP contribution in [-0.4, -0.2) is 24.5 Å². The third kappa shape index (κ3) is 3.71. The Labute approximate surface area is 85.5 Å². The molecule has 1 rings (SSSR count). The molecule has 1 amide bonds. The van der Waals surface area contributed by atoms with Crippen molar-refractivity contribution in [1.82, 2.24) is 15.6 Å². The lowest BCUT2D eigenvalue weighted by molar-refractivity contribution is -0.121. The number of hydrogen-bond donors (Lipinski definition) is 3. The molecule has 0 unspecified atom stereocenters. The van der Waals surface area contributed by atoms with E-state index in [0.29, 0.717) is 19.5 Å². The first-order valence-corrected chi connectivity index (χ1v) is 5.18. The highest BCUT2D eigenvalue weighted by Gasteiger charge is 2.01. The number of hydrogen-bond acceptors (Lipinski definition) is 4. The molecular formula is C8H13N3O2S. The Balaban J connectivity index is 2.27. The summed E-state index contributed by atoms with van der Waals surface area (Å²) in [7, 11) is 1.80. The minimum Gasteiger partial charge on any atom is -0.350 e. The van der Waals surface area contributed by atoms with Crippen molar-refractivity contribution in [1.29, 1.82) is 0 Å².